The molecule has 0 aromatic carbocycles. The van der Waals surface area contributed by atoms with Gasteiger partial charge in [-0.1, -0.05) is 25.4 Å². The number of piperidine rings is 1. The first-order valence-electron chi connectivity index (χ1n) is 8.23. The van der Waals surface area contributed by atoms with Crippen molar-refractivity contribution in [2.75, 3.05) is 20.3 Å². The van der Waals surface area contributed by atoms with E-state index in [9.17, 15) is 0 Å². The van der Waals surface area contributed by atoms with Crippen molar-refractivity contribution in [3.63, 3.8) is 0 Å². The van der Waals surface area contributed by atoms with Crippen LogP contribution in [0.25, 0.3) is 0 Å². The lowest BCUT2D eigenvalue weighted by molar-refractivity contribution is 0.0882. The van der Waals surface area contributed by atoms with E-state index in [0.717, 1.165) is 50.7 Å². The van der Waals surface area contributed by atoms with Crippen molar-refractivity contribution in [1.82, 2.24) is 15.0 Å². The first kappa shape index (κ1) is 16.4. The maximum Gasteiger partial charge on any atom is 0.240 e. The van der Waals surface area contributed by atoms with Gasteiger partial charge in [0, 0.05) is 26.2 Å². The molecule has 1 aliphatic rings. The van der Waals surface area contributed by atoms with Gasteiger partial charge in [-0.25, -0.2) is 0 Å². The van der Waals surface area contributed by atoms with E-state index in [1.54, 1.807) is 7.11 Å². The van der Waals surface area contributed by atoms with E-state index in [4.69, 9.17) is 9.26 Å². The highest BCUT2D eigenvalue weighted by Crippen LogP contribution is 2.21. The Hall–Kier alpha value is -0.940. The van der Waals surface area contributed by atoms with Crippen molar-refractivity contribution in [3.8, 4) is 0 Å². The number of ether oxygens (including phenoxy) is 1. The Balaban J connectivity index is 1.86. The van der Waals surface area contributed by atoms with Gasteiger partial charge in [-0.05, 0) is 38.1 Å². The molecule has 1 unspecified atom stereocenters. The second-order valence-corrected chi connectivity index (χ2v) is 6.44. The molecule has 1 aromatic heterocycles. The quantitative estimate of drug-likeness (QED) is 0.738. The monoisotopic (exact) mass is 295 g/mol. The van der Waals surface area contributed by atoms with Crippen molar-refractivity contribution in [1.29, 1.82) is 0 Å². The Morgan fingerprint density at radius 3 is 3.00 bits per heavy atom. The lowest BCUT2D eigenvalue weighted by Crippen LogP contribution is -2.39. The van der Waals surface area contributed by atoms with E-state index in [1.165, 1.54) is 19.3 Å². The van der Waals surface area contributed by atoms with Gasteiger partial charge in [-0.3, -0.25) is 4.90 Å². The van der Waals surface area contributed by atoms with Crippen LogP contribution >= 0.6 is 0 Å². The van der Waals surface area contributed by atoms with Gasteiger partial charge in [0.25, 0.3) is 0 Å². The van der Waals surface area contributed by atoms with Crippen LogP contribution in [-0.4, -0.2) is 41.3 Å². The third-order valence-electron chi connectivity index (χ3n) is 4.20. The lowest BCUT2D eigenvalue weighted by atomic mass is 10.00. The highest BCUT2D eigenvalue weighted by molar-refractivity contribution is 4.89. The van der Waals surface area contributed by atoms with Gasteiger partial charge in [0.05, 0.1) is 6.54 Å². The van der Waals surface area contributed by atoms with E-state index >= 15 is 0 Å². The van der Waals surface area contributed by atoms with Gasteiger partial charge in [0.1, 0.15) is 0 Å². The smallest absolute Gasteiger partial charge is 0.240 e. The predicted molar refractivity (Wildman–Crippen MR) is 82.0 cm³/mol. The summed E-state index contributed by atoms with van der Waals surface area (Å²) in [6, 6.07) is 0.588. The summed E-state index contributed by atoms with van der Waals surface area (Å²) in [5, 5.41) is 4.10. The second kappa shape index (κ2) is 8.49. The van der Waals surface area contributed by atoms with Crippen LogP contribution in [-0.2, 0) is 17.7 Å². The molecular formula is C16H29N3O2. The number of rotatable bonds is 8. The molecule has 0 aliphatic carbocycles. The van der Waals surface area contributed by atoms with Crippen LogP contribution in [0.15, 0.2) is 4.52 Å². The largest absolute Gasteiger partial charge is 0.385 e. The van der Waals surface area contributed by atoms with Crippen LogP contribution in [0.2, 0.25) is 0 Å². The zero-order valence-corrected chi connectivity index (χ0v) is 13.7. The first-order chi connectivity index (χ1) is 10.2. The Morgan fingerprint density at radius 2 is 2.24 bits per heavy atom. The average Bonchev–Trinajstić information content (AvgIpc) is 2.92. The zero-order chi connectivity index (χ0) is 15.1. The second-order valence-electron chi connectivity index (χ2n) is 6.44. The third kappa shape index (κ3) is 5.40. The number of hydrogen-bond donors (Lipinski definition) is 0. The van der Waals surface area contributed by atoms with Crippen molar-refractivity contribution in [2.45, 2.75) is 65.0 Å². The van der Waals surface area contributed by atoms with E-state index in [2.05, 4.69) is 28.9 Å². The van der Waals surface area contributed by atoms with Crippen LogP contribution in [0.5, 0.6) is 0 Å². The average molecular weight is 295 g/mol. The fourth-order valence-electron chi connectivity index (χ4n) is 2.90. The molecule has 1 fully saturated rings. The van der Waals surface area contributed by atoms with E-state index in [1.807, 2.05) is 0 Å². The van der Waals surface area contributed by atoms with Gasteiger partial charge in [-0.2, -0.15) is 4.98 Å². The van der Waals surface area contributed by atoms with Crippen LogP contribution in [0.1, 0.15) is 57.7 Å². The van der Waals surface area contributed by atoms with E-state index < -0.39 is 0 Å². The molecule has 0 N–H and O–H groups in total. The summed E-state index contributed by atoms with van der Waals surface area (Å²) in [4.78, 5) is 7.01. The summed E-state index contributed by atoms with van der Waals surface area (Å²) in [6.07, 6.45) is 6.93. The number of likely N-dealkylation sites (tertiary alicyclic amines) is 1. The van der Waals surface area contributed by atoms with Gasteiger partial charge >= 0.3 is 0 Å². The van der Waals surface area contributed by atoms with Crippen molar-refractivity contribution in [3.05, 3.63) is 11.7 Å². The minimum Gasteiger partial charge on any atom is -0.385 e. The summed E-state index contributed by atoms with van der Waals surface area (Å²) in [6.45, 7) is 7.16. The molecule has 120 valence electrons. The molecule has 0 bridgehead atoms. The van der Waals surface area contributed by atoms with Gasteiger partial charge < -0.3 is 9.26 Å². The van der Waals surface area contributed by atoms with Gasteiger partial charge in [-0.15, -0.1) is 0 Å². The topological polar surface area (TPSA) is 51.4 Å². The molecule has 0 spiro atoms. The van der Waals surface area contributed by atoms with E-state index in [-0.39, 0.29) is 0 Å². The minimum absolute atomic E-state index is 0.588. The molecule has 0 amide bonds. The Kier molecular flexibility index (Phi) is 6.64. The Morgan fingerprint density at radius 1 is 1.38 bits per heavy atom. The fraction of sp³-hybridized carbons (Fsp3) is 0.875. The molecule has 1 atom stereocenters. The van der Waals surface area contributed by atoms with Gasteiger partial charge in [0.15, 0.2) is 5.82 Å². The van der Waals surface area contributed by atoms with Crippen LogP contribution in [0, 0.1) is 5.92 Å². The van der Waals surface area contributed by atoms with Crippen LogP contribution in [0.4, 0.5) is 0 Å². The number of aryl methyl sites for hydroxylation is 1. The zero-order valence-electron chi connectivity index (χ0n) is 13.7. The van der Waals surface area contributed by atoms with Crippen molar-refractivity contribution in [2.24, 2.45) is 5.92 Å². The Labute approximate surface area is 128 Å². The molecule has 0 saturated carbocycles. The number of aromatic nitrogens is 2. The standard InChI is InChI=1S/C16H29N3O2/c1-13(2)7-8-15-17-16(21-18-15)12-19-10-5-4-6-14(19)9-11-20-3/h13-14H,4-12H2,1-3H3. The summed E-state index contributed by atoms with van der Waals surface area (Å²) in [7, 11) is 1.77. The normalized spacial score (nSPS) is 20.3. The SMILES string of the molecule is COCCC1CCCCN1Cc1nc(CCC(C)C)no1. The molecule has 1 saturated heterocycles. The molecule has 2 heterocycles. The number of methoxy groups -OCH3 is 1. The molecule has 5 heteroatoms. The maximum atomic E-state index is 5.42. The predicted octanol–water partition coefficient (Wildman–Crippen LogP) is 3.05. The molecule has 1 aliphatic heterocycles. The van der Waals surface area contributed by atoms with Gasteiger partial charge in [0.2, 0.25) is 5.89 Å². The molecule has 1 aromatic rings. The maximum absolute atomic E-state index is 5.42. The Bertz CT molecular complexity index is 406. The summed E-state index contributed by atoms with van der Waals surface area (Å²) < 4.78 is 10.6. The van der Waals surface area contributed by atoms with Crippen molar-refractivity contribution >= 4 is 0 Å². The molecule has 5 nitrogen and oxygen atoms in total. The van der Waals surface area contributed by atoms with Crippen LogP contribution in [0.3, 0.4) is 0 Å². The minimum atomic E-state index is 0.588. The molecule has 2 rings (SSSR count). The van der Waals surface area contributed by atoms with Crippen LogP contribution < -0.4 is 0 Å². The van der Waals surface area contributed by atoms with E-state index in [0.29, 0.717) is 12.0 Å². The fourth-order valence-corrected chi connectivity index (χ4v) is 2.90. The molecule has 0 radical (unpaired) electrons. The molecule has 21 heavy (non-hydrogen) atoms. The highest BCUT2D eigenvalue weighted by Gasteiger charge is 2.24. The number of hydrogen-bond acceptors (Lipinski definition) is 5. The number of nitrogens with zero attached hydrogens (tertiary/aromatic N) is 3. The highest BCUT2D eigenvalue weighted by atomic mass is 16.5. The van der Waals surface area contributed by atoms with Crippen molar-refractivity contribution < 1.29 is 9.26 Å². The summed E-state index contributed by atoms with van der Waals surface area (Å²) in [5.74, 6) is 2.29. The first-order valence-corrected chi connectivity index (χ1v) is 8.23. The summed E-state index contributed by atoms with van der Waals surface area (Å²) in [5.41, 5.74) is 0. The summed E-state index contributed by atoms with van der Waals surface area (Å²) >= 11 is 0. The lowest BCUT2D eigenvalue weighted by Gasteiger charge is -2.34. The third-order valence-corrected chi connectivity index (χ3v) is 4.20. The molecular weight excluding hydrogens is 266 g/mol.